The van der Waals surface area contributed by atoms with Crippen molar-refractivity contribution in [2.24, 2.45) is 10.9 Å². The fourth-order valence-electron chi connectivity index (χ4n) is 3.68. The van der Waals surface area contributed by atoms with Gasteiger partial charge in [0.15, 0.2) is 5.96 Å². The summed E-state index contributed by atoms with van der Waals surface area (Å²) >= 11 is 0. The van der Waals surface area contributed by atoms with Crippen LogP contribution in [0.25, 0.3) is 0 Å². The van der Waals surface area contributed by atoms with Crippen LogP contribution in [-0.2, 0) is 4.79 Å². The Balaban J connectivity index is 0.00000288. The SMILES string of the molecule is CCNC(=NCCCCC1CCCC1)NC1CCC(=O)N(C)C1.I. The first kappa shape index (κ1) is 21.5. The molecule has 1 heterocycles. The molecule has 0 spiro atoms. The van der Waals surface area contributed by atoms with Crippen LogP contribution in [0, 0.1) is 5.92 Å². The van der Waals surface area contributed by atoms with E-state index in [9.17, 15) is 4.79 Å². The van der Waals surface area contributed by atoms with Crippen molar-refractivity contribution in [3.05, 3.63) is 0 Å². The van der Waals surface area contributed by atoms with Crippen LogP contribution in [0.15, 0.2) is 4.99 Å². The number of nitrogens with zero attached hydrogens (tertiary/aromatic N) is 2. The first-order chi connectivity index (χ1) is 11.2. The minimum atomic E-state index is 0. The highest BCUT2D eigenvalue weighted by Crippen LogP contribution is 2.28. The summed E-state index contributed by atoms with van der Waals surface area (Å²) in [6.07, 6.45) is 11.2. The number of nitrogens with one attached hydrogen (secondary N) is 2. The van der Waals surface area contributed by atoms with Crippen LogP contribution >= 0.6 is 24.0 Å². The van der Waals surface area contributed by atoms with Crippen LogP contribution in [0.1, 0.15) is 64.7 Å². The molecule has 2 N–H and O–H groups in total. The Morgan fingerprint density at radius 3 is 2.67 bits per heavy atom. The Morgan fingerprint density at radius 1 is 1.25 bits per heavy atom. The van der Waals surface area contributed by atoms with Crippen LogP contribution < -0.4 is 10.6 Å². The third kappa shape index (κ3) is 7.57. The number of rotatable bonds is 7. The molecule has 0 aromatic heterocycles. The van der Waals surface area contributed by atoms with E-state index in [1.54, 1.807) is 0 Å². The van der Waals surface area contributed by atoms with Crippen molar-refractivity contribution in [2.75, 3.05) is 26.7 Å². The zero-order chi connectivity index (χ0) is 16.5. The Kier molecular flexibility index (Phi) is 10.7. The van der Waals surface area contributed by atoms with Crippen LogP contribution in [0.3, 0.4) is 0 Å². The van der Waals surface area contributed by atoms with E-state index < -0.39 is 0 Å². The number of amides is 1. The van der Waals surface area contributed by atoms with Crippen molar-refractivity contribution < 1.29 is 4.79 Å². The Bertz CT molecular complexity index is 396. The monoisotopic (exact) mass is 450 g/mol. The van der Waals surface area contributed by atoms with Gasteiger partial charge in [0.1, 0.15) is 0 Å². The highest BCUT2D eigenvalue weighted by atomic mass is 127. The molecule has 1 saturated carbocycles. The summed E-state index contributed by atoms with van der Waals surface area (Å²) in [6, 6.07) is 0.314. The summed E-state index contributed by atoms with van der Waals surface area (Å²) in [5.74, 6) is 2.14. The van der Waals surface area contributed by atoms with E-state index in [4.69, 9.17) is 4.99 Å². The fraction of sp³-hybridized carbons (Fsp3) is 0.889. The summed E-state index contributed by atoms with van der Waals surface area (Å²) < 4.78 is 0. The molecule has 0 radical (unpaired) electrons. The molecule has 6 heteroatoms. The number of carbonyl (C=O) groups excluding carboxylic acids is 1. The van der Waals surface area contributed by atoms with E-state index >= 15 is 0 Å². The van der Waals surface area contributed by atoms with Gasteiger partial charge in [-0.2, -0.15) is 0 Å². The van der Waals surface area contributed by atoms with E-state index in [1.165, 1.54) is 44.9 Å². The topological polar surface area (TPSA) is 56.7 Å². The zero-order valence-electron chi connectivity index (χ0n) is 15.4. The van der Waals surface area contributed by atoms with E-state index in [2.05, 4.69) is 17.6 Å². The molecule has 1 aliphatic heterocycles. The van der Waals surface area contributed by atoms with E-state index in [1.807, 2.05) is 11.9 Å². The van der Waals surface area contributed by atoms with Gasteiger partial charge in [-0.15, -0.1) is 24.0 Å². The number of halogens is 1. The third-order valence-electron chi connectivity index (χ3n) is 5.08. The van der Waals surface area contributed by atoms with Crippen molar-refractivity contribution in [2.45, 2.75) is 70.8 Å². The van der Waals surface area contributed by atoms with Gasteiger partial charge in [-0.3, -0.25) is 9.79 Å². The lowest BCUT2D eigenvalue weighted by Crippen LogP contribution is -2.51. The molecule has 5 nitrogen and oxygen atoms in total. The van der Waals surface area contributed by atoms with Gasteiger partial charge in [-0.05, 0) is 25.7 Å². The van der Waals surface area contributed by atoms with Gasteiger partial charge in [-0.1, -0.05) is 38.5 Å². The average Bonchev–Trinajstić information content (AvgIpc) is 3.04. The summed E-state index contributed by atoms with van der Waals surface area (Å²) in [5.41, 5.74) is 0. The molecule has 0 aromatic carbocycles. The first-order valence-corrected chi connectivity index (χ1v) is 9.48. The van der Waals surface area contributed by atoms with E-state index in [-0.39, 0.29) is 29.9 Å². The predicted molar refractivity (Wildman–Crippen MR) is 111 cm³/mol. The second-order valence-electron chi connectivity index (χ2n) is 7.06. The summed E-state index contributed by atoms with van der Waals surface area (Å²) in [7, 11) is 1.88. The molecular weight excluding hydrogens is 415 g/mol. The number of likely N-dealkylation sites (N-methyl/N-ethyl adjacent to an activating group) is 1. The minimum absolute atomic E-state index is 0. The quantitative estimate of drug-likeness (QED) is 0.271. The molecule has 1 aliphatic carbocycles. The maximum Gasteiger partial charge on any atom is 0.222 e. The fourth-order valence-corrected chi connectivity index (χ4v) is 3.68. The molecule has 1 atom stereocenters. The Labute approximate surface area is 164 Å². The normalized spacial score (nSPS) is 22.4. The van der Waals surface area contributed by atoms with Crippen molar-refractivity contribution in [3.8, 4) is 0 Å². The zero-order valence-corrected chi connectivity index (χ0v) is 17.7. The molecule has 2 rings (SSSR count). The lowest BCUT2D eigenvalue weighted by molar-refractivity contribution is -0.132. The second-order valence-corrected chi connectivity index (χ2v) is 7.06. The van der Waals surface area contributed by atoms with Gasteiger partial charge in [0.2, 0.25) is 5.91 Å². The number of aliphatic imine (C=N–C) groups is 1. The van der Waals surface area contributed by atoms with Gasteiger partial charge >= 0.3 is 0 Å². The van der Waals surface area contributed by atoms with Gasteiger partial charge in [0, 0.05) is 39.1 Å². The van der Waals surface area contributed by atoms with Gasteiger partial charge < -0.3 is 15.5 Å². The first-order valence-electron chi connectivity index (χ1n) is 9.48. The van der Waals surface area contributed by atoms with Crippen LogP contribution in [-0.4, -0.2) is 49.5 Å². The predicted octanol–water partition coefficient (Wildman–Crippen LogP) is 3.14. The highest BCUT2D eigenvalue weighted by Gasteiger charge is 2.23. The standard InChI is InChI=1S/C18H34N4O.HI/c1-3-19-18(21-16-11-12-17(23)22(2)14-16)20-13-7-6-10-15-8-4-5-9-15;/h15-16H,3-14H2,1-2H3,(H2,19,20,21);1H. The Morgan fingerprint density at radius 2 is 2.00 bits per heavy atom. The van der Waals surface area contributed by atoms with Crippen molar-refractivity contribution in [1.82, 2.24) is 15.5 Å². The number of unbranched alkanes of at least 4 members (excludes halogenated alkanes) is 1. The molecule has 1 unspecified atom stereocenters. The van der Waals surface area contributed by atoms with E-state index in [0.717, 1.165) is 37.9 Å². The molecule has 0 aromatic rings. The second kappa shape index (κ2) is 11.9. The number of hydrogen-bond acceptors (Lipinski definition) is 2. The summed E-state index contributed by atoms with van der Waals surface area (Å²) in [4.78, 5) is 18.1. The van der Waals surface area contributed by atoms with Gasteiger partial charge in [0.25, 0.3) is 0 Å². The van der Waals surface area contributed by atoms with Crippen molar-refractivity contribution in [1.29, 1.82) is 0 Å². The van der Waals surface area contributed by atoms with Crippen LogP contribution in [0.5, 0.6) is 0 Å². The molecule has 1 saturated heterocycles. The smallest absolute Gasteiger partial charge is 0.222 e. The van der Waals surface area contributed by atoms with Crippen molar-refractivity contribution >= 4 is 35.8 Å². The third-order valence-corrected chi connectivity index (χ3v) is 5.08. The number of piperidine rings is 1. The lowest BCUT2D eigenvalue weighted by atomic mass is 10.0. The maximum atomic E-state index is 11.6. The Hall–Kier alpha value is -0.530. The number of likely N-dealkylation sites (tertiary alicyclic amines) is 1. The largest absolute Gasteiger partial charge is 0.357 e. The van der Waals surface area contributed by atoms with Crippen LogP contribution in [0.4, 0.5) is 0 Å². The number of carbonyl (C=O) groups is 1. The molecular formula is C18H35IN4O. The molecule has 1 amide bonds. The highest BCUT2D eigenvalue weighted by molar-refractivity contribution is 14.0. The average molecular weight is 450 g/mol. The molecule has 24 heavy (non-hydrogen) atoms. The lowest BCUT2D eigenvalue weighted by Gasteiger charge is -2.31. The molecule has 2 aliphatic rings. The van der Waals surface area contributed by atoms with Gasteiger partial charge in [-0.25, -0.2) is 0 Å². The summed E-state index contributed by atoms with van der Waals surface area (Å²) in [5, 5.41) is 6.81. The van der Waals surface area contributed by atoms with Crippen molar-refractivity contribution in [3.63, 3.8) is 0 Å². The minimum Gasteiger partial charge on any atom is -0.357 e. The maximum absolute atomic E-state index is 11.6. The summed E-state index contributed by atoms with van der Waals surface area (Å²) in [6.45, 7) is 4.62. The number of hydrogen-bond donors (Lipinski definition) is 2. The van der Waals surface area contributed by atoms with Gasteiger partial charge in [0.05, 0.1) is 0 Å². The number of guanidine groups is 1. The molecule has 140 valence electrons. The molecule has 2 fully saturated rings. The van der Waals surface area contributed by atoms with Crippen LogP contribution in [0.2, 0.25) is 0 Å². The molecule has 0 bridgehead atoms. The van der Waals surface area contributed by atoms with E-state index in [0.29, 0.717) is 12.5 Å².